The highest BCUT2D eigenvalue weighted by Crippen LogP contribution is 2.49. The number of methoxy groups -OCH3 is 2. The third-order valence-corrected chi connectivity index (χ3v) is 13.9. The lowest BCUT2D eigenvalue weighted by Crippen LogP contribution is -2.71. The second kappa shape index (κ2) is 12.5. The Hall–Kier alpha value is -0.210. The summed E-state index contributed by atoms with van der Waals surface area (Å²) in [6, 6.07) is 0.811. The molecular formula is C30H54N2O4S. The van der Waals surface area contributed by atoms with Gasteiger partial charge in [-0.3, -0.25) is 4.90 Å². The van der Waals surface area contributed by atoms with Crippen LogP contribution in [0.5, 0.6) is 0 Å². The van der Waals surface area contributed by atoms with Gasteiger partial charge >= 0.3 is 0 Å². The number of hydrogen-bond donors (Lipinski definition) is 0. The SMILES string of the molecule is COC[C@@H]1[C@@H](C2CCC(C3CCCCC3OC)CC2)[C@@H]2CN(S(=O)(=O)C3CCCCC3C)CCCCN12. The summed E-state index contributed by atoms with van der Waals surface area (Å²) in [5, 5.41) is -0.179. The number of nitrogens with zero attached hydrogens (tertiary/aromatic N) is 2. The molecule has 7 heteroatoms. The average molecular weight is 539 g/mol. The molecule has 0 spiro atoms. The van der Waals surface area contributed by atoms with E-state index < -0.39 is 10.0 Å². The third-order valence-electron chi connectivity index (χ3n) is 11.3. The Kier molecular flexibility index (Phi) is 9.59. The summed E-state index contributed by atoms with van der Waals surface area (Å²) in [6.45, 7) is 5.45. The second-order valence-electron chi connectivity index (χ2n) is 13.2. The van der Waals surface area contributed by atoms with E-state index in [1.54, 1.807) is 0 Å². The largest absolute Gasteiger partial charge is 0.383 e. The quantitative estimate of drug-likeness (QED) is 0.439. The standard InChI is InChI=1S/C30H54N2O4S/c1-22-10-4-7-13-29(22)37(33,34)31-18-8-9-19-32-26(20-31)30(27(32)21-35-2)24-16-14-23(15-17-24)25-11-5-6-12-28(25)36-3/h22-30H,4-21H2,1-3H3/t22?,23?,24?,25?,26-,27+,28?,29?,30-/m0/s1. The highest BCUT2D eigenvalue weighted by molar-refractivity contribution is 7.89. The van der Waals surface area contributed by atoms with Gasteiger partial charge < -0.3 is 9.47 Å². The summed E-state index contributed by atoms with van der Waals surface area (Å²) in [6.07, 6.45) is 17.1. The first-order valence-electron chi connectivity index (χ1n) is 15.7. The topological polar surface area (TPSA) is 59.1 Å². The highest BCUT2D eigenvalue weighted by Gasteiger charge is 2.54. The van der Waals surface area contributed by atoms with Crippen molar-refractivity contribution in [2.75, 3.05) is 40.5 Å². The van der Waals surface area contributed by atoms with Crippen molar-refractivity contribution in [3.63, 3.8) is 0 Å². The molecule has 214 valence electrons. The van der Waals surface area contributed by atoms with Crippen molar-refractivity contribution >= 4 is 10.0 Å². The number of sulfonamides is 1. The maximum atomic E-state index is 13.9. The van der Waals surface area contributed by atoms with Gasteiger partial charge in [0.2, 0.25) is 10.0 Å². The summed E-state index contributed by atoms with van der Waals surface area (Å²) in [5.41, 5.74) is 0. The van der Waals surface area contributed by atoms with Gasteiger partial charge in [-0.25, -0.2) is 12.7 Å². The number of hydrogen-bond acceptors (Lipinski definition) is 5. The predicted octanol–water partition coefficient (Wildman–Crippen LogP) is 5.32. The van der Waals surface area contributed by atoms with E-state index in [2.05, 4.69) is 11.8 Å². The maximum Gasteiger partial charge on any atom is 0.217 e. The van der Waals surface area contributed by atoms with Crippen LogP contribution in [0.3, 0.4) is 0 Å². The summed E-state index contributed by atoms with van der Waals surface area (Å²) >= 11 is 0. The zero-order valence-corrected chi connectivity index (χ0v) is 24.7. The van der Waals surface area contributed by atoms with Gasteiger partial charge in [0.15, 0.2) is 0 Å². The van der Waals surface area contributed by atoms with Crippen LogP contribution in [-0.4, -0.2) is 81.5 Å². The summed E-state index contributed by atoms with van der Waals surface area (Å²) in [5.74, 6) is 3.09. The number of rotatable bonds is 7. The lowest BCUT2D eigenvalue weighted by Gasteiger charge is -2.60. The van der Waals surface area contributed by atoms with E-state index >= 15 is 0 Å². The first kappa shape index (κ1) is 28.3. The van der Waals surface area contributed by atoms with E-state index in [9.17, 15) is 8.42 Å². The lowest BCUT2D eigenvalue weighted by atomic mass is 9.62. The van der Waals surface area contributed by atoms with Crippen LogP contribution in [0.4, 0.5) is 0 Å². The summed E-state index contributed by atoms with van der Waals surface area (Å²) < 4.78 is 41.5. The van der Waals surface area contributed by atoms with E-state index in [1.807, 2.05) is 18.5 Å². The lowest BCUT2D eigenvalue weighted by molar-refractivity contribution is -0.129. The third kappa shape index (κ3) is 5.82. The summed E-state index contributed by atoms with van der Waals surface area (Å²) in [4.78, 5) is 2.63. The van der Waals surface area contributed by atoms with Crippen LogP contribution < -0.4 is 0 Å². The van der Waals surface area contributed by atoms with Crippen LogP contribution >= 0.6 is 0 Å². The van der Waals surface area contributed by atoms with Gasteiger partial charge in [-0.1, -0.05) is 32.6 Å². The van der Waals surface area contributed by atoms with Gasteiger partial charge in [0.1, 0.15) is 0 Å². The van der Waals surface area contributed by atoms with E-state index in [0.717, 1.165) is 57.1 Å². The van der Waals surface area contributed by atoms with Gasteiger partial charge in [0, 0.05) is 39.4 Å². The molecule has 0 amide bonds. The normalized spacial score (nSPS) is 42.8. The molecule has 5 rings (SSSR count). The average Bonchev–Trinajstić information content (AvgIpc) is 2.90. The molecule has 3 saturated carbocycles. The molecule has 7 atom stereocenters. The van der Waals surface area contributed by atoms with Gasteiger partial charge in [-0.05, 0) is 100 Å². The highest BCUT2D eigenvalue weighted by atomic mass is 32.2. The molecule has 0 aromatic carbocycles. The Morgan fingerprint density at radius 3 is 2.19 bits per heavy atom. The second-order valence-corrected chi connectivity index (χ2v) is 15.4. The van der Waals surface area contributed by atoms with Crippen molar-refractivity contribution in [1.29, 1.82) is 0 Å². The fourth-order valence-electron chi connectivity index (χ4n) is 9.35. The Labute approximate surface area is 227 Å². The molecule has 0 aromatic heterocycles. The van der Waals surface area contributed by atoms with Crippen molar-refractivity contribution in [2.24, 2.45) is 29.6 Å². The minimum atomic E-state index is -3.25. The molecule has 2 heterocycles. The molecule has 2 saturated heterocycles. The maximum absolute atomic E-state index is 13.9. The molecular weight excluding hydrogens is 484 g/mol. The van der Waals surface area contributed by atoms with E-state index in [-0.39, 0.29) is 11.2 Å². The monoisotopic (exact) mass is 538 g/mol. The van der Waals surface area contributed by atoms with Gasteiger partial charge in [-0.2, -0.15) is 0 Å². The van der Waals surface area contributed by atoms with Crippen LogP contribution in [0.25, 0.3) is 0 Å². The zero-order valence-electron chi connectivity index (χ0n) is 23.9. The molecule has 5 fully saturated rings. The molecule has 0 bridgehead atoms. The van der Waals surface area contributed by atoms with E-state index in [0.29, 0.717) is 43.1 Å². The zero-order chi connectivity index (χ0) is 26.0. The Bertz CT molecular complexity index is 829. The van der Waals surface area contributed by atoms with E-state index in [4.69, 9.17) is 9.47 Å². The molecule has 6 nitrogen and oxygen atoms in total. The molecule has 2 aliphatic heterocycles. The molecule has 4 unspecified atom stereocenters. The van der Waals surface area contributed by atoms with Gasteiger partial charge in [-0.15, -0.1) is 0 Å². The number of ether oxygens (including phenoxy) is 2. The van der Waals surface area contributed by atoms with Crippen molar-refractivity contribution in [1.82, 2.24) is 9.21 Å². The van der Waals surface area contributed by atoms with Crippen LogP contribution in [-0.2, 0) is 19.5 Å². The first-order chi connectivity index (χ1) is 18.0. The van der Waals surface area contributed by atoms with Crippen molar-refractivity contribution in [2.45, 2.75) is 120 Å². The fraction of sp³-hybridized carbons (Fsp3) is 1.00. The molecule has 5 aliphatic rings. The first-order valence-corrected chi connectivity index (χ1v) is 17.2. The Morgan fingerprint density at radius 2 is 1.46 bits per heavy atom. The van der Waals surface area contributed by atoms with Gasteiger partial charge in [0.25, 0.3) is 0 Å². The molecule has 0 radical (unpaired) electrons. The van der Waals surface area contributed by atoms with Crippen LogP contribution in [0.2, 0.25) is 0 Å². The minimum absolute atomic E-state index is 0.179. The summed E-state index contributed by atoms with van der Waals surface area (Å²) in [7, 11) is 0.495. The molecule has 3 aliphatic carbocycles. The predicted molar refractivity (Wildman–Crippen MR) is 149 cm³/mol. The molecule has 37 heavy (non-hydrogen) atoms. The van der Waals surface area contributed by atoms with Crippen molar-refractivity contribution in [3.05, 3.63) is 0 Å². The minimum Gasteiger partial charge on any atom is -0.383 e. The van der Waals surface area contributed by atoms with E-state index in [1.165, 1.54) is 57.8 Å². The Morgan fingerprint density at radius 1 is 0.784 bits per heavy atom. The number of fused-ring (bicyclic) bond motifs is 1. The Balaban J connectivity index is 1.28. The van der Waals surface area contributed by atoms with Crippen molar-refractivity contribution in [3.8, 4) is 0 Å². The fourth-order valence-corrected chi connectivity index (χ4v) is 11.7. The molecule has 0 N–H and O–H groups in total. The van der Waals surface area contributed by atoms with Gasteiger partial charge in [0.05, 0.1) is 18.0 Å². The van der Waals surface area contributed by atoms with Crippen LogP contribution in [0.1, 0.15) is 96.8 Å². The molecule has 0 aromatic rings. The van der Waals surface area contributed by atoms with Crippen LogP contribution in [0, 0.1) is 29.6 Å². The smallest absolute Gasteiger partial charge is 0.217 e. The van der Waals surface area contributed by atoms with Crippen LogP contribution in [0.15, 0.2) is 0 Å². The van der Waals surface area contributed by atoms with Crippen molar-refractivity contribution < 1.29 is 17.9 Å².